The molecule has 1 atom stereocenters. The van der Waals surface area contributed by atoms with Gasteiger partial charge in [-0.3, -0.25) is 9.10 Å². The van der Waals surface area contributed by atoms with Gasteiger partial charge in [-0.15, -0.1) is 0 Å². The predicted molar refractivity (Wildman–Crippen MR) is 130 cm³/mol. The average Bonchev–Trinajstić information content (AvgIpc) is 2.79. The van der Waals surface area contributed by atoms with E-state index in [2.05, 4.69) is 34.0 Å². The van der Waals surface area contributed by atoms with E-state index in [1.165, 1.54) is 9.87 Å². The SMILES string of the molecule is O=C(CN(c1ccc(I)cc1)S(=O)(=O)c1ccccc1)NC1CCCc2ccccc21. The number of rotatable bonds is 6. The lowest BCUT2D eigenvalue weighted by atomic mass is 9.88. The Morgan fingerprint density at radius 3 is 2.39 bits per heavy atom. The lowest BCUT2D eigenvalue weighted by Crippen LogP contribution is -2.42. The minimum atomic E-state index is -3.89. The molecule has 1 aliphatic rings. The Bertz CT molecular complexity index is 1160. The van der Waals surface area contributed by atoms with Crippen molar-refractivity contribution >= 4 is 44.2 Å². The summed E-state index contributed by atoms with van der Waals surface area (Å²) in [7, 11) is -3.89. The molecule has 0 aromatic heterocycles. The van der Waals surface area contributed by atoms with E-state index in [1.54, 1.807) is 42.5 Å². The molecule has 0 aliphatic heterocycles. The first kappa shape index (κ1) is 21.8. The maximum absolute atomic E-state index is 13.4. The maximum Gasteiger partial charge on any atom is 0.264 e. The fourth-order valence-electron chi connectivity index (χ4n) is 3.92. The van der Waals surface area contributed by atoms with Gasteiger partial charge in [-0.1, -0.05) is 42.5 Å². The summed E-state index contributed by atoms with van der Waals surface area (Å²) in [5.41, 5.74) is 2.82. The van der Waals surface area contributed by atoms with Gasteiger partial charge in [0.15, 0.2) is 0 Å². The summed E-state index contributed by atoms with van der Waals surface area (Å²) in [6.07, 6.45) is 2.84. The second kappa shape index (κ2) is 9.40. The third-order valence-corrected chi connectivity index (χ3v) is 7.94. The molecule has 3 aromatic rings. The van der Waals surface area contributed by atoms with Gasteiger partial charge in [-0.2, -0.15) is 0 Å². The molecule has 3 aromatic carbocycles. The number of benzene rings is 3. The quantitative estimate of drug-likeness (QED) is 0.457. The lowest BCUT2D eigenvalue weighted by Gasteiger charge is -2.28. The summed E-state index contributed by atoms with van der Waals surface area (Å²) in [6.45, 7) is -0.281. The first-order valence-corrected chi connectivity index (χ1v) is 12.7. The fourth-order valence-corrected chi connectivity index (χ4v) is 5.72. The Morgan fingerprint density at radius 2 is 1.65 bits per heavy atom. The molecule has 0 radical (unpaired) electrons. The van der Waals surface area contributed by atoms with E-state index in [4.69, 9.17) is 0 Å². The molecule has 7 heteroatoms. The molecule has 0 bridgehead atoms. The van der Waals surface area contributed by atoms with Crippen molar-refractivity contribution in [2.45, 2.75) is 30.2 Å². The number of amides is 1. The van der Waals surface area contributed by atoms with Gasteiger partial charge in [-0.05, 0) is 89.4 Å². The second-order valence-electron chi connectivity index (χ2n) is 7.51. The van der Waals surface area contributed by atoms with Crippen LogP contribution in [0.5, 0.6) is 0 Å². The van der Waals surface area contributed by atoms with Gasteiger partial charge in [0.1, 0.15) is 6.54 Å². The topological polar surface area (TPSA) is 66.5 Å². The van der Waals surface area contributed by atoms with Crippen LogP contribution < -0.4 is 9.62 Å². The van der Waals surface area contributed by atoms with Crippen LogP contribution in [-0.4, -0.2) is 20.9 Å². The van der Waals surface area contributed by atoms with E-state index in [0.717, 1.165) is 28.4 Å². The van der Waals surface area contributed by atoms with Crippen LogP contribution in [0.3, 0.4) is 0 Å². The number of fused-ring (bicyclic) bond motifs is 1. The van der Waals surface area contributed by atoms with Gasteiger partial charge >= 0.3 is 0 Å². The summed E-state index contributed by atoms with van der Waals surface area (Å²) < 4.78 is 28.9. The van der Waals surface area contributed by atoms with Crippen molar-refractivity contribution in [2.24, 2.45) is 0 Å². The number of anilines is 1. The van der Waals surface area contributed by atoms with E-state index in [-0.39, 0.29) is 23.4 Å². The molecule has 0 saturated heterocycles. The van der Waals surface area contributed by atoms with Gasteiger partial charge in [0, 0.05) is 3.57 Å². The number of carbonyl (C=O) groups excluding carboxylic acids is 1. The normalized spacial score (nSPS) is 15.7. The standard InChI is InChI=1S/C24H23IN2O3S/c25-19-13-15-20(16-14-19)27(31(29,30)21-9-2-1-3-10-21)17-24(28)26-23-12-6-8-18-7-4-5-11-22(18)23/h1-5,7,9-11,13-16,23H,6,8,12,17H2,(H,26,28). The summed E-state index contributed by atoms with van der Waals surface area (Å²) in [5, 5.41) is 3.06. The highest BCUT2D eigenvalue weighted by Crippen LogP contribution is 2.30. The number of nitrogens with zero attached hydrogens (tertiary/aromatic N) is 1. The molecule has 1 unspecified atom stereocenters. The molecule has 1 amide bonds. The summed E-state index contributed by atoms with van der Waals surface area (Å²) in [6, 6.07) is 23.3. The second-order valence-corrected chi connectivity index (χ2v) is 10.6. The van der Waals surface area contributed by atoms with Crippen LogP contribution in [0.4, 0.5) is 5.69 Å². The number of hydrogen-bond acceptors (Lipinski definition) is 3. The molecule has 0 saturated carbocycles. The number of sulfonamides is 1. The van der Waals surface area contributed by atoms with Crippen molar-refractivity contribution in [3.8, 4) is 0 Å². The molecule has 5 nitrogen and oxygen atoms in total. The van der Waals surface area contributed by atoms with Crippen molar-refractivity contribution in [2.75, 3.05) is 10.8 Å². The van der Waals surface area contributed by atoms with Gasteiger partial charge in [0.25, 0.3) is 10.0 Å². The van der Waals surface area contributed by atoms with Crippen molar-refractivity contribution in [3.63, 3.8) is 0 Å². The molecule has 1 N–H and O–H groups in total. The zero-order valence-electron chi connectivity index (χ0n) is 16.9. The minimum Gasteiger partial charge on any atom is -0.348 e. The zero-order valence-corrected chi connectivity index (χ0v) is 19.8. The molecule has 4 rings (SSSR count). The summed E-state index contributed by atoms with van der Waals surface area (Å²) in [4.78, 5) is 13.2. The lowest BCUT2D eigenvalue weighted by molar-refractivity contribution is -0.120. The van der Waals surface area contributed by atoms with Crippen molar-refractivity contribution < 1.29 is 13.2 Å². The highest BCUT2D eigenvalue weighted by Gasteiger charge is 2.29. The van der Waals surface area contributed by atoms with Crippen LogP contribution in [0.1, 0.15) is 30.0 Å². The van der Waals surface area contributed by atoms with Crippen molar-refractivity contribution in [1.82, 2.24) is 5.32 Å². The maximum atomic E-state index is 13.4. The molecule has 0 spiro atoms. The smallest absolute Gasteiger partial charge is 0.264 e. The zero-order chi connectivity index (χ0) is 21.8. The fraction of sp³-hybridized carbons (Fsp3) is 0.208. The molecule has 1 aliphatic carbocycles. The first-order valence-electron chi connectivity index (χ1n) is 10.2. The number of hydrogen-bond donors (Lipinski definition) is 1. The first-order chi connectivity index (χ1) is 14.9. The van der Waals surface area contributed by atoms with E-state index >= 15 is 0 Å². The van der Waals surface area contributed by atoms with E-state index in [9.17, 15) is 13.2 Å². The molecule has 160 valence electrons. The summed E-state index contributed by atoms with van der Waals surface area (Å²) in [5.74, 6) is -0.320. The van der Waals surface area contributed by atoms with Gasteiger partial charge < -0.3 is 5.32 Å². The number of nitrogens with one attached hydrogen (secondary N) is 1. The van der Waals surface area contributed by atoms with Crippen LogP contribution in [0.25, 0.3) is 0 Å². The number of carbonyl (C=O) groups is 1. The molecular weight excluding hydrogens is 523 g/mol. The largest absolute Gasteiger partial charge is 0.348 e. The van der Waals surface area contributed by atoms with Crippen molar-refractivity contribution in [3.05, 3.63) is 93.6 Å². The highest BCUT2D eigenvalue weighted by atomic mass is 127. The number of aryl methyl sites for hydroxylation is 1. The van der Waals surface area contributed by atoms with Crippen LogP contribution in [0, 0.1) is 3.57 Å². The van der Waals surface area contributed by atoms with E-state index in [0.29, 0.717) is 5.69 Å². The van der Waals surface area contributed by atoms with E-state index < -0.39 is 10.0 Å². The number of halogens is 1. The molecule has 0 heterocycles. The summed E-state index contributed by atoms with van der Waals surface area (Å²) >= 11 is 2.17. The van der Waals surface area contributed by atoms with Crippen LogP contribution >= 0.6 is 22.6 Å². The Kier molecular flexibility index (Phi) is 6.62. The monoisotopic (exact) mass is 546 g/mol. The Morgan fingerprint density at radius 1 is 0.968 bits per heavy atom. The van der Waals surface area contributed by atoms with Crippen LogP contribution in [0.15, 0.2) is 83.8 Å². The predicted octanol–water partition coefficient (Wildman–Crippen LogP) is 4.68. The third-order valence-electron chi connectivity index (χ3n) is 5.44. The Hall–Kier alpha value is -2.39. The molecule has 0 fully saturated rings. The van der Waals surface area contributed by atoms with Crippen LogP contribution in [-0.2, 0) is 21.2 Å². The minimum absolute atomic E-state index is 0.101. The van der Waals surface area contributed by atoms with E-state index in [1.807, 2.05) is 30.3 Å². The average molecular weight is 546 g/mol. The van der Waals surface area contributed by atoms with Crippen LogP contribution in [0.2, 0.25) is 0 Å². The van der Waals surface area contributed by atoms with Gasteiger partial charge in [0.05, 0.1) is 16.6 Å². The van der Waals surface area contributed by atoms with Crippen molar-refractivity contribution in [1.29, 1.82) is 0 Å². The molecule has 31 heavy (non-hydrogen) atoms. The Labute approximate surface area is 196 Å². The molecular formula is C24H23IN2O3S. The highest BCUT2D eigenvalue weighted by molar-refractivity contribution is 14.1. The Balaban J connectivity index is 1.61. The van der Waals surface area contributed by atoms with Gasteiger partial charge in [-0.25, -0.2) is 8.42 Å². The third kappa shape index (κ3) is 4.93. The van der Waals surface area contributed by atoms with Gasteiger partial charge in [0.2, 0.25) is 5.91 Å².